The summed E-state index contributed by atoms with van der Waals surface area (Å²) in [5, 5.41) is 3.61. The maximum atomic E-state index is 12.0. The second-order valence-electron chi connectivity index (χ2n) is 5.44. The van der Waals surface area contributed by atoms with Gasteiger partial charge in [0.05, 0.1) is 12.2 Å². The lowest BCUT2D eigenvalue weighted by molar-refractivity contribution is -0.128. The van der Waals surface area contributed by atoms with Gasteiger partial charge in [-0.05, 0) is 17.0 Å². The molecule has 1 aliphatic heterocycles. The minimum Gasteiger partial charge on any atom is -0.462 e. The molecule has 1 atom stereocenters. The molecule has 1 aromatic heterocycles. The monoisotopic (exact) mass is 315 g/mol. The molecule has 2 heterocycles. The van der Waals surface area contributed by atoms with Gasteiger partial charge in [0.25, 0.3) is 0 Å². The summed E-state index contributed by atoms with van der Waals surface area (Å²) < 4.78 is 5.31. The molecule has 0 spiro atoms. The molecule has 22 heavy (non-hydrogen) atoms. The van der Waals surface area contributed by atoms with Gasteiger partial charge in [-0.3, -0.25) is 4.79 Å². The molecule has 1 amide bonds. The summed E-state index contributed by atoms with van der Waals surface area (Å²) in [6, 6.07) is 11.7. The van der Waals surface area contributed by atoms with Gasteiger partial charge < -0.3 is 9.64 Å². The molecular weight excluding hydrogens is 298 g/mol. The molecule has 114 valence electrons. The van der Waals surface area contributed by atoms with Crippen LogP contribution < -0.4 is 0 Å². The molecule has 0 saturated carbocycles. The van der Waals surface area contributed by atoms with Crippen LogP contribution in [0.1, 0.15) is 22.3 Å². The number of hydrogen-bond donors (Lipinski definition) is 0. The maximum Gasteiger partial charge on any atom is 0.338 e. The van der Waals surface area contributed by atoms with Crippen molar-refractivity contribution in [2.45, 2.75) is 13.0 Å². The number of carbonyl (C=O) groups excluding carboxylic acids is 2. The Kier molecular flexibility index (Phi) is 4.53. The molecule has 5 heteroatoms. The van der Waals surface area contributed by atoms with Gasteiger partial charge in [0.15, 0.2) is 0 Å². The Morgan fingerprint density at radius 2 is 2.09 bits per heavy atom. The molecule has 2 aromatic rings. The minimum absolute atomic E-state index is 0.0822. The summed E-state index contributed by atoms with van der Waals surface area (Å²) in [6.07, 6.45) is 0.448. The molecule has 1 saturated heterocycles. The fourth-order valence-electron chi connectivity index (χ4n) is 2.58. The van der Waals surface area contributed by atoms with Crippen molar-refractivity contribution in [1.82, 2.24) is 4.90 Å². The van der Waals surface area contributed by atoms with Crippen LogP contribution in [0.2, 0.25) is 0 Å². The molecule has 1 aromatic carbocycles. The van der Waals surface area contributed by atoms with Crippen molar-refractivity contribution in [3.8, 4) is 0 Å². The topological polar surface area (TPSA) is 46.6 Å². The van der Waals surface area contributed by atoms with Gasteiger partial charge in [0, 0.05) is 30.8 Å². The second kappa shape index (κ2) is 6.75. The number of carbonyl (C=O) groups is 2. The first-order valence-corrected chi connectivity index (χ1v) is 8.17. The molecular formula is C17H17NO3S. The third-order valence-corrected chi connectivity index (χ3v) is 4.40. The zero-order chi connectivity index (χ0) is 15.4. The van der Waals surface area contributed by atoms with Crippen LogP contribution in [-0.2, 0) is 16.1 Å². The van der Waals surface area contributed by atoms with Crippen molar-refractivity contribution in [2.75, 3.05) is 13.2 Å². The molecule has 0 bridgehead atoms. The Bertz CT molecular complexity index is 639. The molecule has 0 aliphatic carbocycles. The Hall–Kier alpha value is -2.14. The number of benzene rings is 1. The van der Waals surface area contributed by atoms with Crippen molar-refractivity contribution < 1.29 is 14.3 Å². The number of amides is 1. The zero-order valence-electron chi connectivity index (χ0n) is 12.1. The normalized spacial score (nSPS) is 17.7. The van der Waals surface area contributed by atoms with Crippen LogP contribution >= 0.6 is 11.3 Å². The Morgan fingerprint density at radius 3 is 2.82 bits per heavy atom. The highest BCUT2D eigenvalue weighted by Crippen LogP contribution is 2.21. The van der Waals surface area contributed by atoms with E-state index in [-0.39, 0.29) is 17.8 Å². The minimum atomic E-state index is -0.310. The van der Waals surface area contributed by atoms with E-state index in [1.165, 1.54) is 11.3 Å². The molecule has 4 nitrogen and oxygen atoms in total. The van der Waals surface area contributed by atoms with Crippen LogP contribution in [0.4, 0.5) is 0 Å². The third kappa shape index (κ3) is 3.54. The highest BCUT2D eigenvalue weighted by Gasteiger charge is 2.30. The molecule has 3 rings (SSSR count). The average molecular weight is 315 g/mol. The fourth-order valence-corrected chi connectivity index (χ4v) is 3.20. The number of ether oxygens (including phenoxy) is 1. The third-order valence-electron chi connectivity index (χ3n) is 3.72. The predicted molar refractivity (Wildman–Crippen MR) is 84.6 cm³/mol. The lowest BCUT2D eigenvalue weighted by Gasteiger charge is -2.16. The van der Waals surface area contributed by atoms with Crippen LogP contribution in [0.3, 0.4) is 0 Å². The van der Waals surface area contributed by atoms with Crippen molar-refractivity contribution in [2.24, 2.45) is 5.92 Å². The van der Waals surface area contributed by atoms with Gasteiger partial charge in [-0.15, -0.1) is 0 Å². The first kappa shape index (κ1) is 14.8. The number of rotatable bonds is 5. The van der Waals surface area contributed by atoms with Crippen molar-refractivity contribution in [3.05, 3.63) is 58.3 Å². The summed E-state index contributed by atoms with van der Waals surface area (Å²) in [5.74, 6) is -0.102. The van der Waals surface area contributed by atoms with E-state index in [9.17, 15) is 9.59 Å². The number of thiophene rings is 1. The smallest absolute Gasteiger partial charge is 0.338 e. The predicted octanol–water partition coefficient (Wildman–Crippen LogP) is 2.95. The Labute approximate surface area is 133 Å². The Morgan fingerprint density at radius 1 is 1.27 bits per heavy atom. The first-order valence-electron chi connectivity index (χ1n) is 7.23. The zero-order valence-corrected chi connectivity index (χ0v) is 12.9. The van der Waals surface area contributed by atoms with E-state index in [1.54, 1.807) is 11.4 Å². The molecule has 0 radical (unpaired) electrons. The molecule has 0 N–H and O–H groups in total. The van der Waals surface area contributed by atoms with Gasteiger partial charge in [-0.25, -0.2) is 4.79 Å². The maximum absolute atomic E-state index is 12.0. The summed E-state index contributed by atoms with van der Waals surface area (Å²) >= 11 is 1.46. The number of esters is 1. The average Bonchev–Trinajstić information content (AvgIpc) is 3.17. The van der Waals surface area contributed by atoms with Crippen LogP contribution in [0.15, 0.2) is 47.2 Å². The largest absolute Gasteiger partial charge is 0.462 e. The second-order valence-corrected chi connectivity index (χ2v) is 6.22. The van der Waals surface area contributed by atoms with E-state index in [0.717, 1.165) is 5.56 Å². The highest BCUT2D eigenvalue weighted by atomic mass is 32.1. The van der Waals surface area contributed by atoms with E-state index in [1.807, 2.05) is 40.6 Å². The van der Waals surface area contributed by atoms with Crippen LogP contribution in [0, 0.1) is 5.92 Å². The van der Waals surface area contributed by atoms with E-state index in [0.29, 0.717) is 31.7 Å². The van der Waals surface area contributed by atoms with Crippen LogP contribution in [0.5, 0.6) is 0 Å². The van der Waals surface area contributed by atoms with Crippen LogP contribution in [0.25, 0.3) is 0 Å². The van der Waals surface area contributed by atoms with Crippen LogP contribution in [-0.4, -0.2) is 29.9 Å². The summed E-state index contributed by atoms with van der Waals surface area (Å²) in [7, 11) is 0. The number of hydrogen-bond acceptors (Lipinski definition) is 4. The van der Waals surface area contributed by atoms with Crippen molar-refractivity contribution in [3.63, 3.8) is 0 Å². The first-order chi connectivity index (χ1) is 10.7. The van der Waals surface area contributed by atoms with Gasteiger partial charge in [0.1, 0.15) is 0 Å². The number of likely N-dealkylation sites (tertiary alicyclic amines) is 1. The fraction of sp³-hybridized carbons (Fsp3) is 0.294. The van der Waals surface area contributed by atoms with E-state index in [2.05, 4.69) is 0 Å². The Balaban J connectivity index is 1.50. The summed E-state index contributed by atoms with van der Waals surface area (Å²) in [6.45, 7) is 1.56. The summed E-state index contributed by atoms with van der Waals surface area (Å²) in [5.41, 5.74) is 1.70. The van der Waals surface area contributed by atoms with E-state index in [4.69, 9.17) is 4.74 Å². The van der Waals surface area contributed by atoms with Crippen molar-refractivity contribution >= 4 is 23.2 Å². The lowest BCUT2D eigenvalue weighted by atomic mass is 10.1. The van der Waals surface area contributed by atoms with Gasteiger partial charge in [0.2, 0.25) is 5.91 Å². The molecule has 1 unspecified atom stereocenters. The van der Waals surface area contributed by atoms with E-state index >= 15 is 0 Å². The quantitative estimate of drug-likeness (QED) is 0.797. The van der Waals surface area contributed by atoms with E-state index < -0.39 is 0 Å². The SMILES string of the molecule is O=C(OCC1CC(=O)N(Cc2ccccc2)C1)c1ccsc1. The summed E-state index contributed by atoms with van der Waals surface area (Å²) in [4.78, 5) is 25.7. The molecule has 1 aliphatic rings. The standard InChI is InChI=1S/C17H17NO3S/c19-16-8-14(11-21-17(20)15-6-7-22-12-15)10-18(16)9-13-4-2-1-3-5-13/h1-7,12,14H,8-11H2. The number of nitrogens with zero attached hydrogens (tertiary/aromatic N) is 1. The van der Waals surface area contributed by atoms with Gasteiger partial charge in [-0.1, -0.05) is 30.3 Å². The molecule has 1 fully saturated rings. The van der Waals surface area contributed by atoms with Gasteiger partial charge in [-0.2, -0.15) is 11.3 Å². The van der Waals surface area contributed by atoms with Gasteiger partial charge >= 0.3 is 5.97 Å². The lowest BCUT2D eigenvalue weighted by Crippen LogP contribution is -2.25. The highest BCUT2D eigenvalue weighted by molar-refractivity contribution is 7.08. The van der Waals surface area contributed by atoms with Crippen molar-refractivity contribution in [1.29, 1.82) is 0 Å².